The third-order valence-corrected chi connectivity index (χ3v) is 2.99. The fraction of sp³-hybridized carbons (Fsp3) is 0.143. The maximum atomic E-state index is 4.37. The Kier molecular flexibility index (Phi) is 2.37. The number of fused-ring (bicyclic) bond motifs is 1. The Bertz CT molecular complexity index is 638. The lowest BCUT2D eigenvalue weighted by molar-refractivity contribution is 1.14. The van der Waals surface area contributed by atoms with Gasteiger partial charge in [-0.05, 0) is 18.1 Å². The summed E-state index contributed by atoms with van der Waals surface area (Å²) in [5.41, 5.74) is 4.34. The number of nitrogens with one attached hydrogen (secondary N) is 1. The molecule has 84 valence electrons. The molecule has 0 unspecified atom stereocenters. The van der Waals surface area contributed by atoms with Gasteiger partial charge in [0, 0.05) is 17.1 Å². The highest BCUT2D eigenvalue weighted by molar-refractivity contribution is 5.90. The fourth-order valence-electron chi connectivity index (χ4n) is 2.00. The molecule has 0 atom stereocenters. The summed E-state index contributed by atoms with van der Waals surface area (Å²) in [5, 5.41) is 1.07. The normalized spacial score (nSPS) is 10.9. The molecule has 0 aliphatic carbocycles. The van der Waals surface area contributed by atoms with Crippen molar-refractivity contribution in [3.8, 4) is 11.3 Å². The first-order valence-corrected chi connectivity index (χ1v) is 5.76. The average Bonchev–Trinajstić information content (AvgIpc) is 2.87. The maximum Gasteiger partial charge on any atom is 0.141 e. The van der Waals surface area contributed by atoms with Gasteiger partial charge < -0.3 is 4.98 Å². The summed E-state index contributed by atoms with van der Waals surface area (Å²) < 4.78 is 0. The minimum atomic E-state index is 0.884. The lowest BCUT2D eigenvalue weighted by Crippen LogP contribution is -1.88. The minimum absolute atomic E-state index is 0.884. The quantitative estimate of drug-likeness (QED) is 0.725. The van der Waals surface area contributed by atoms with Crippen LogP contribution >= 0.6 is 0 Å². The molecule has 17 heavy (non-hydrogen) atoms. The fourth-order valence-corrected chi connectivity index (χ4v) is 2.00. The van der Waals surface area contributed by atoms with E-state index in [1.807, 2.05) is 12.3 Å². The van der Waals surface area contributed by atoms with Crippen LogP contribution in [-0.2, 0) is 6.42 Å². The topological polar surface area (TPSA) is 41.6 Å². The number of rotatable bonds is 2. The minimum Gasteiger partial charge on any atom is -0.346 e. The van der Waals surface area contributed by atoms with E-state index in [2.05, 4.69) is 46.1 Å². The van der Waals surface area contributed by atoms with Gasteiger partial charge in [-0.3, -0.25) is 0 Å². The number of aromatic amines is 1. The summed E-state index contributed by atoms with van der Waals surface area (Å²) in [7, 11) is 0. The van der Waals surface area contributed by atoms with Crippen molar-refractivity contribution in [1.82, 2.24) is 15.0 Å². The lowest BCUT2D eigenvalue weighted by atomic mass is 10.1. The number of H-pyrrole nitrogens is 1. The highest BCUT2D eigenvalue weighted by Gasteiger charge is 2.06. The molecule has 3 aromatic rings. The van der Waals surface area contributed by atoms with Gasteiger partial charge in [-0.1, -0.05) is 31.2 Å². The molecule has 0 aliphatic heterocycles. The number of hydrogen-bond donors (Lipinski definition) is 1. The number of nitrogens with zero attached hydrogens (tertiary/aromatic N) is 2. The van der Waals surface area contributed by atoms with Crippen LogP contribution in [0.2, 0.25) is 0 Å². The molecular formula is C14H13N3. The third-order valence-electron chi connectivity index (χ3n) is 2.99. The largest absolute Gasteiger partial charge is 0.346 e. The molecule has 0 amide bonds. The third kappa shape index (κ3) is 1.69. The monoisotopic (exact) mass is 223 g/mol. The molecule has 0 bridgehead atoms. The number of aromatic nitrogens is 3. The molecule has 0 saturated carbocycles. The van der Waals surface area contributed by atoms with Crippen LogP contribution in [0.5, 0.6) is 0 Å². The molecule has 0 saturated heterocycles. The molecule has 3 nitrogen and oxygen atoms in total. The molecule has 0 aliphatic rings. The number of hydrogen-bond acceptors (Lipinski definition) is 2. The van der Waals surface area contributed by atoms with E-state index in [1.54, 1.807) is 6.33 Å². The van der Waals surface area contributed by atoms with Crippen molar-refractivity contribution in [1.29, 1.82) is 0 Å². The standard InChI is InChI=1S/C14H13N3/c1-2-10-3-5-11(6-4-10)13-12-7-8-15-14(12)17-9-16-13/h3-9H,2H2,1H3,(H,15,16,17). The van der Waals surface area contributed by atoms with Gasteiger partial charge in [-0.25, -0.2) is 9.97 Å². The van der Waals surface area contributed by atoms with Crippen molar-refractivity contribution in [2.45, 2.75) is 13.3 Å². The molecule has 0 fully saturated rings. The Labute approximate surface area is 99.5 Å². The first-order valence-electron chi connectivity index (χ1n) is 5.76. The van der Waals surface area contributed by atoms with E-state index in [0.717, 1.165) is 28.7 Å². The van der Waals surface area contributed by atoms with E-state index >= 15 is 0 Å². The van der Waals surface area contributed by atoms with Crippen LogP contribution in [0.25, 0.3) is 22.3 Å². The van der Waals surface area contributed by atoms with Crippen molar-refractivity contribution in [2.75, 3.05) is 0 Å². The van der Waals surface area contributed by atoms with Crippen molar-refractivity contribution < 1.29 is 0 Å². The van der Waals surface area contributed by atoms with Crippen molar-refractivity contribution in [3.05, 3.63) is 48.4 Å². The zero-order valence-electron chi connectivity index (χ0n) is 9.64. The Balaban J connectivity index is 2.16. The summed E-state index contributed by atoms with van der Waals surface area (Å²) >= 11 is 0. The summed E-state index contributed by atoms with van der Waals surface area (Å²) in [6.45, 7) is 2.16. The van der Waals surface area contributed by atoms with Gasteiger partial charge in [0.1, 0.15) is 12.0 Å². The molecule has 1 N–H and O–H groups in total. The molecule has 0 spiro atoms. The van der Waals surface area contributed by atoms with Gasteiger partial charge in [0.2, 0.25) is 0 Å². The second-order valence-electron chi connectivity index (χ2n) is 4.01. The van der Waals surface area contributed by atoms with E-state index in [9.17, 15) is 0 Å². The zero-order valence-corrected chi connectivity index (χ0v) is 9.64. The molecule has 2 heterocycles. The van der Waals surface area contributed by atoms with E-state index in [0.29, 0.717) is 0 Å². The van der Waals surface area contributed by atoms with Gasteiger partial charge in [0.25, 0.3) is 0 Å². The second kappa shape index (κ2) is 4.01. The summed E-state index contributed by atoms with van der Waals surface area (Å²) in [5.74, 6) is 0. The van der Waals surface area contributed by atoms with E-state index < -0.39 is 0 Å². The highest BCUT2D eigenvalue weighted by atomic mass is 14.9. The molecule has 3 rings (SSSR count). The zero-order chi connectivity index (χ0) is 11.7. The number of benzene rings is 1. The van der Waals surface area contributed by atoms with E-state index in [1.165, 1.54) is 5.56 Å². The Hall–Kier alpha value is -2.16. The first-order chi connectivity index (χ1) is 8.38. The van der Waals surface area contributed by atoms with E-state index in [4.69, 9.17) is 0 Å². The lowest BCUT2D eigenvalue weighted by Gasteiger charge is -2.03. The summed E-state index contributed by atoms with van der Waals surface area (Å²) in [6.07, 6.45) is 4.55. The molecule has 1 aromatic carbocycles. The molecule has 3 heteroatoms. The van der Waals surface area contributed by atoms with Gasteiger partial charge in [-0.15, -0.1) is 0 Å². The maximum absolute atomic E-state index is 4.37. The van der Waals surface area contributed by atoms with Gasteiger partial charge >= 0.3 is 0 Å². The van der Waals surface area contributed by atoms with Crippen LogP contribution in [0, 0.1) is 0 Å². The Morgan fingerprint density at radius 2 is 1.88 bits per heavy atom. The highest BCUT2D eigenvalue weighted by Crippen LogP contribution is 2.24. The van der Waals surface area contributed by atoms with Crippen LogP contribution in [0.3, 0.4) is 0 Å². The summed E-state index contributed by atoms with van der Waals surface area (Å²) in [4.78, 5) is 11.7. The average molecular weight is 223 g/mol. The van der Waals surface area contributed by atoms with Crippen molar-refractivity contribution in [2.24, 2.45) is 0 Å². The van der Waals surface area contributed by atoms with Gasteiger partial charge in [-0.2, -0.15) is 0 Å². The Morgan fingerprint density at radius 1 is 1.06 bits per heavy atom. The van der Waals surface area contributed by atoms with Crippen LogP contribution in [0.1, 0.15) is 12.5 Å². The van der Waals surface area contributed by atoms with Gasteiger partial charge in [0.05, 0.1) is 5.69 Å². The molecule has 0 radical (unpaired) electrons. The van der Waals surface area contributed by atoms with Crippen LogP contribution in [-0.4, -0.2) is 15.0 Å². The van der Waals surface area contributed by atoms with Gasteiger partial charge in [0.15, 0.2) is 0 Å². The second-order valence-corrected chi connectivity index (χ2v) is 4.01. The number of aryl methyl sites for hydroxylation is 1. The molecule has 2 aromatic heterocycles. The van der Waals surface area contributed by atoms with Crippen LogP contribution in [0.15, 0.2) is 42.9 Å². The van der Waals surface area contributed by atoms with Crippen LogP contribution in [0.4, 0.5) is 0 Å². The predicted molar refractivity (Wildman–Crippen MR) is 68.7 cm³/mol. The van der Waals surface area contributed by atoms with Crippen LogP contribution < -0.4 is 0 Å². The Morgan fingerprint density at radius 3 is 2.65 bits per heavy atom. The first kappa shape index (κ1) is 10.0. The van der Waals surface area contributed by atoms with Crippen molar-refractivity contribution >= 4 is 11.0 Å². The predicted octanol–water partition coefficient (Wildman–Crippen LogP) is 3.19. The SMILES string of the molecule is CCc1ccc(-c2ncnc3[nH]ccc23)cc1. The van der Waals surface area contributed by atoms with E-state index in [-0.39, 0.29) is 0 Å². The summed E-state index contributed by atoms with van der Waals surface area (Å²) in [6, 6.07) is 10.5. The molecular weight excluding hydrogens is 210 g/mol. The smallest absolute Gasteiger partial charge is 0.141 e. The van der Waals surface area contributed by atoms with Crippen molar-refractivity contribution in [3.63, 3.8) is 0 Å².